The maximum Gasteiger partial charge on any atom is 0.0541 e. The van der Waals surface area contributed by atoms with Gasteiger partial charge in [0.05, 0.1) is 11.0 Å². The van der Waals surface area contributed by atoms with Gasteiger partial charge in [-0.2, -0.15) is 0 Å². The Kier molecular flexibility index (Phi) is 10.8. The molecule has 0 aliphatic carbocycles. The Morgan fingerprint density at radius 1 is 0.300 bits per heavy atom. The van der Waals surface area contributed by atoms with Crippen LogP contribution in [-0.4, -0.2) is 4.57 Å². The van der Waals surface area contributed by atoms with Gasteiger partial charge in [0.25, 0.3) is 0 Å². The standard InChI is InChI=1S/C54H38N2.C4H6/c1-4-12-39(13-5-1)42-24-31-48(32-25-42)55(49-33-26-43(27-34-49)40-14-6-2-7-15-40)50-35-28-44(29-36-50)41-20-22-45(23-21-41)46-30-37-54-52(38-46)51-18-10-11-19-53(51)56(54)47-16-8-3-9-17-47;1-3-4-2/h1-38H;3-4H,1-2H2. The molecule has 0 N–H and O–H groups in total. The predicted octanol–water partition coefficient (Wildman–Crippen LogP) is 16.3. The SMILES string of the molecule is C=CC=C.c1ccc(-c2ccc(N(c3ccc(-c4ccccc4)cc3)c3ccc(-c4ccc(-c5ccc6c(c5)c5ccccc5n6-c5ccccc5)cc4)cc3)cc2)cc1. The van der Waals surface area contributed by atoms with Gasteiger partial charge in [-0.3, -0.25) is 0 Å². The van der Waals surface area contributed by atoms with Crippen LogP contribution in [0.25, 0.3) is 72.0 Å². The van der Waals surface area contributed by atoms with Crippen molar-refractivity contribution < 1.29 is 0 Å². The fraction of sp³-hybridized carbons (Fsp3) is 0. The molecule has 0 saturated carbocycles. The van der Waals surface area contributed by atoms with Crippen LogP contribution in [0.1, 0.15) is 0 Å². The van der Waals surface area contributed by atoms with E-state index < -0.39 is 0 Å². The summed E-state index contributed by atoms with van der Waals surface area (Å²) in [6.45, 7) is 6.72. The summed E-state index contributed by atoms with van der Waals surface area (Å²) in [5.74, 6) is 0. The minimum Gasteiger partial charge on any atom is -0.311 e. The molecular formula is C58H44N2. The zero-order valence-electron chi connectivity index (χ0n) is 33.4. The summed E-state index contributed by atoms with van der Waals surface area (Å²) in [6.07, 6.45) is 3.28. The van der Waals surface area contributed by atoms with E-state index in [0.29, 0.717) is 0 Å². The van der Waals surface area contributed by atoms with E-state index >= 15 is 0 Å². The molecule has 1 aromatic heterocycles. The van der Waals surface area contributed by atoms with E-state index in [2.05, 4.69) is 253 Å². The Morgan fingerprint density at radius 3 is 1.08 bits per heavy atom. The highest BCUT2D eigenvalue weighted by Gasteiger charge is 2.15. The number of rotatable bonds is 9. The summed E-state index contributed by atoms with van der Waals surface area (Å²) < 4.78 is 2.36. The second-order valence-electron chi connectivity index (χ2n) is 14.7. The van der Waals surface area contributed by atoms with Crippen LogP contribution in [0.2, 0.25) is 0 Å². The molecule has 0 saturated heterocycles. The van der Waals surface area contributed by atoms with Gasteiger partial charge in [0.2, 0.25) is 0 Å². The van der Waals surface area contributed by atoms with Crippen LogP contribution in [0, 0.1) is 0 Å². The molecular weight excluding hydrogens is 725 g/mol. The lowest BCUT2D eigenvalue weighted by Gasteiger charge is -2.26. The van der Waals surface area contributed by atoms with E-state index in [9.17, 15) is 0 Å². The van der Waals surface area contributed by atoms with Gasteiger partial charge in [-0.25, -0.2) is 0 Å². The molecule has 10 aromatic rings. The molecule has 0 aliphatic heterocycles. The lowest BCUT2D eigenvalue weighted by Crippen LogP contribution is -2.09. The molecule has 2 heteroatoms. The van der Waals surface area contributed by atoms with Gasteiger partial charge in [0.1, 0.15) is 0 Å². The van der Waals surface area contributed by atoms with Crippen LogP contribution < -0.4 is 4.90 Å². The highest BCUT2D eigenvalue weighted by Crippen LogP contribution is 2.39. The predicted molar refractivity (Wildman–Crippen MR) is 258 cm³/mol. The first-order valence-corrected chi connectivity index (χ1v) is 20.3. The molecule has 1 heterocycles. The van der Waals surface area contributed by atoms with Crippen LogP contribution in [0.5, 0.6) is 0 Å². The molecule has 0 aliphatic rings. The third-order valence-electron chi connectivity index (χ3n) is 11.0. The number of hydrogen-bond acceptors (Lipinski definition) is 1. The van der Waals surface area contributed by atoms with E-state index in [1.165, 1.54) is 72.0 Å². The van der Waals surface area contributed by atoms with E-state index in [0.717, 1.165) is 17.1 Å². The van der Waals surface area contributed by atoms with Gasteiger partial charge in [-0.05, 0) is 111 Å². The van der Waals surface area contributed by atoms with Crippen LogP contribution in [0.3, 0.4) is 0 Å². The van der Waals surface area contributed by atoms with Crippen molar-refractivity contribution in [2.45, 2.75) is 0 Å². The highest BCUT2D eigenvalue weighted by molar-refractivity contribution is 6.10. The van der Waals surface area contributed by atoms with Crippen molar-refractivity contribution in [1.29, 1.82) is 0 Å². The number of benzene rings is 9. The quantitative estimate of drug-likeness (QED) is 0.133. The minimum absolute atomic E-state index is 1.10. The number of para-hydroxylation sites is 2. The van der Waals surface area contributed by atoms with Crippen LogP contribution in [0.4, 0.5) is 17.1 Å². The van der Waals surface area contributed by atoms with Gasteiger partial charge in [-0.15, -0.1) is 0 Å². The molecule has 0 unspecified atom stereocenters. The molecule has 60 heavy (non-hydrogen) atoms. The Morgan fingerprint density at radius 2 is 0.633 bits per heavy atom. The molecule has 0 bridgehead atoms. The molecule has 286 valence electrons. The van der Waals surface area contributed by atoms with E-state index in [-0.39, 0.29) is 0 Å². The van der Waals surface area contributed by atoms with E-state index in [4.69, 9.17) is 0 Å². The Balaban J connectivity index is 0.00000111. The molecule has 0 spiro atoms. The average molecular weight is 769 g/mol. The topological polar surface area (TPSA) is 8.17 Å². The monoisotopic (exact) mass is 768 g/mol. The molecule has 2 nitrogen and oxygen atoms in total. The zero-order chi connectivity index (χ0) is 40.7. The van der Waals surface area contributed by atoms with E-state index in [1.54, 1.807) is 12.2 Å². The molecule has 0 fully saturated rings. The summed E-state index contributed by atoms with van der Waals surface area (Å²) in [6, 6.07) is 82.9. The van der Waals surface area contributed by atoms with Crippen molar-refractivity contribution in [1.82, 2.24) is 4.57 Å². The Bertz CT molecular complexity index is 2910. The number of nitrogens with zero attached hydrogens (tertiary/aromatic N) is 2. The normalized spacial score (nSPS) is 10.8. The van der Waals surface area contributed by atoms with Crippen molar-refractivity contribution in [3.8, 4) is 50.2 Å². The molecule has 0 amide bonds. The maximum absolute atomic E-state index is 3.36. The zero-order valence-corrected chi connectivity index (χ0v) is 33.4. The van der Waals surface area contributed by atoms with Gasteiger partial charge >= 0.3 is 0 Å². The fourth-order valence-corrected chi connectivity index (χ4v) is 7.98. The van der Waals surface area contributed by atoms with Gasteiger partial charge in [0, 0.05) is 33.5 Å². The first kappa shape index (κ1) is 37.6. The number of aromatic nitrogens is 1. The van der Waals surface area contributed by atoms with E-state index in [1.807, 2.05) is 0 Å². The third kappa shape index (κ3) is 7.70. The van der Waals surface area contributed by atoms with Crippen molar-refractivity contribution in [2.24, 2.45) is 0 Å². The first-order valence-electron chi connectivity index (χ1n) is 20.3. The third-order valence-corrected chi connectivity index (χ3v) is 11.0. The summed E-state index contributed by atoms with van der Waals surface area (Å²) in [7, 11) is 0. The average Bonchev–Trinajstić information content (AvgIpc) is 3.67. The van der Waals surface area contributed by atoms with Gasteiger partial charge in [0.15, 0.2) is 0 Å². The second-order valence-corrected chi connectivity index (χ2v) is 14.7. The maximum atomic E-state index is 3.36. The number of hydrogen-bond donors (Lipinski definition) is 0. The van der Waals surface area contributed by atoms with Crippen molar-refractivity contribution in [2.75, 3.05) is 4.90 Å². The van der Waals surface area contributed by atoms with Crippen molar-refractivity contribution in [3.63, 3.8) is 0 Å². The van der Waals surface area contributed by atoms with Gasteiger partial charge < -0.3 is 9.47 Å². The fourth-order valence-electron chi connectivity index (χ4n) is 7.98. The summed E-state index contributed by atoms with van der Waals surface area (Å²) in [4.78, 5) is 2.33. The second kappa shape index (κ2) is 17.3. The Hall–Kier alpha value is -7.94. The lowest BCUT2D eigenvalue weighted by molar-refractivity contribution is 1.18. The number of allylic oxidation sites excluding steroid dienone is 2. The highest BCUT2D eigenvalue weighted by atomic mass is 15.1. The molecule has 10 rings (SSSR count). The largest absolute Gasteiger partial charge is 0.311 e. The molecule has 9 aromatic carbocycles. The van der Waals surface area contributed by atoms with Crippen LogP contribution >= 0.6 is 0 Å². The van der Waals surface area contributed by atoms with Crippen molar-refractivity contribution >= 4 is 38.9 Å². The summed E-state index contributed by atoms with van der Waals surface area (Å²) >= 11 is 0. The summed E-state index contributed by atoms with van der Waals surface area (Å²) in [5, 5.41) is 2.52. The summed E-state index contributed by atoms with van der Waals surface area (Å²) in [5.41, 5.74) is 16.5. The Labute approximate surface area is 352 Å². The minimum atomic E-state index is 1.10. The smallest absolute Gasteiger partial charge is 0.0541 e. The van der Waals surface area contributed by atoms with Crippen LogP contribution in [0.15, 0.2) is 256 Å². The number of anilines is 3. The lowest BCUT2D eigenvalue weighted by atomic mass is 9.98. The molecule has 0 atom stereocenters. The van der Waals surface area contributed by atoms with Gasteiger partial charge in [-0.1, -0.05) is 189 Å². The molecule has 0 radical (unpaired) electrons. The number of fused-ring (bicyclic) bond motifs is 3. The van der Waals surface area contributed by atoms with Crippen molar-refractivity contribution in [3.05, 3.63) is 256 Å². The first-order chi connectivity index (χ1) is 29.7. The van der Waals surface area contributed by atoms with Crippen LogP contribution in [-0.2, 0) is 0 Å².